The number of nitrogens with one attached hydrogen (secondary N) is 1. The standard InChI is InChI=1S/C17H27N3O/c1-13(20-9-5-8-17(2,3)12-20)16(21)19-15-7-4-6-14(10-15)11-18/h4,6-7,10,13H,5,8-9,11-12,18H2,1-3H3,(H,19,21). The number of benzene rings is 1. The molecule has 2 rings (SSSR count). The van der Waals surface area contributed by atoms with E-state index in [1.807, 2.05) is 31.2 Å². The minimum Gasteiger partial charge on any atom is -0.326 e. The lowest BCUT2D eigenvalue weighted by Crippen LogP contribution is -2.49. The fraction of sp³-hybridized carbons (Fsp3) is 0.588. The van der Waals surface area contributed by atoms with Gasteiger partial charge < -0.3 is 11.1 Å². The number of amides is 1. The number of carbonyl (C=O) groups excluding carboxylic acids is 1. The first-order valence-corrected chi connectivity index (χ1v) is 7.75. The van der Waals surface area contributed by atoms with Crippen LogP contribution in [0.5, 0.6) is 0 Å². The average molecular weight is 289 g/mol. The van der Waals surface area contributed by atoms with Crippen molar-refractivity contribution < 1.29 is 4.79 Å². The van der Waals surface area contributed by atoms with Gasteiger partial charge in [-0.15, -0.1) is 0 Å². The number of nitrogens with zero attached hydrogens (tertiary/aromatic N) is 1. The molecule has 1 aromatic rings. The zero-order valence-corrected chi connectivity index (χ0v) is 13.4. The van der Waals surface area contributed by atoms with E-state index in [-0.39, 0.29) is 11.9 Å². The highest BCUT2D eigenvalue weighted by Gasteiger charge is 2.31. The second-order valence-electron chi connectivity index (χ2n) is 6.81. The summed E-state index contributed by atoms with van der Waals surface area (Å²) in [5.74, 6) is 0.0573. The molecule has 4 heteroatoms. The number of anilines is 1. The van der Waals surface area contributed by atoms with Crippen molar-refractivity contribution in [3.8, 4) is 0 Å². The van der Waals surface area contributed by atoms with Crippen LogP contribution >= 0.6 is 0 Å². The number of likely N-dealkylation sites (tertiary alicyclic amines) is 1. The van der Waals surface area contributed by atoms with Gasteiger partial charge in [0.05, 0.1) is 6.04 Å². The minimum atomic E-state index is -0.105. The molecule has 0 aliphatic carbocycles. The lowest BCUT2D eigenvalue weighted by Gasteiger charge is -2.40. The van der Waals surface area contributed by atoms with Gasteiger partial charge in [0.25, 0.3) is 0 Å². The summed E-state index contributed by atoms with van der Waals surface area (Å²) < 4.78 is 0. The Hall–Kier alpha value is -1.39. The van der Waals surface area contributed by atoms with E-state index >= 15 is 0 Å². The summed E-state index contributed by atoms with van der Waals surface area (Å²) in [5, 5.41) is 3.00. The van der Waals surface area contributed by atoms with E-state index < -0.39 is 0 Å². The van der Waals surface area contributed by atoms with Crippen molar-refractivity contribution in [2.75, 3.05) is 18.4 Å². The van der Waals surface area contributed by atoms with Crippen molar-refractivity contribution in [2.24, 2.45) is 11.1 Å². The van der Waals surface area contributed by atoms with E-state index in [2.05, 4.69) is 24.1 Å². The predicted molar refractivity (Wildman–Crippen MR) is 87.0 cm³/mol. The summed E-state index contributed by atoms with van der Waals surface area (Å²) in [5.41, 5.74) is 7.79. The van der Waals surface area contributed by atoms with Crippen LogP contribution in [0.25, 0.3) is 0 Å². The Morgan fingerprint density at radius 2 is 2.24 bits per heavy atom. The molecule has 0 spiro atoms. The highest BCUT2D eigenvalue weighted by atomic mass is 16.2. The molecule has 1 heterocycles. The zero-order chi connectivity index (χ0) is 15.5. The van der Waals surface area contributed by atoms with Gasteiger partial charge in [-0.05, 0) is 49.4 Å². The van der Waals surface area contributed by atoms with Gasteiger partial charge in [0.1, 0.15) is 0 Å². The van der Waals surface area contributed by atoms with Gasteiger partial charge in [0.15, 0.2) is 0 Å². The maximum Gasteiger partial charge on any atom is 0.241 e. The van der Waals surface area contributed by atoms with Gasteiger partial charge >= 0.3 is 0 Å². The maximum atomic E-state index is 12.4. The van der Waals surface area contributed by atoms with Crippen LogP contribution in [-0.2, 0) is 11.3 Å². The van der Waals surface area contributed by atoms with Gasteiger partial charge in [-0.25, -0.2) is 0 Å². The van der Waals surface area contributed by atoms with Crippen molar-refractivity contribution >= 4 is 11.6 Å². The molecule has 0 radical (unpaired) electrons. The van der Waals surface area contributed by atoms with E-state index in [0.717, 1.165) is 30.8 Å². The van der Waals surface area contributed by atoms with Gasteiger partial charge in [0.2, 0.25) is 5.91 Å². The molecule has 21 heavy (non-hydrogen) atoms. The summed E-state index contributed by atoms with van der Waals surface area (Å²) >= 11 is 0. The number of hydrogen-bond donors (Lipinski definition) is 2. The molecule has 0 aromatic heterocycles. The first-order valence-electron chi connectivity index (χ1n) is 7.75. The molecule has 1 aromatic carbocycles. The molecule has 0 saturated carbocycles. The van der Waals surface area contributed by atoms with Crippen LogP contribution in [0.4, 0.5) is 5.69 Å². The van der Waals surface area contributed by atoms with Gasteiger partial charge in [0, 0.05) is 18.8 Å². The SMILES string of the molecule is CC(C(=O)Nc1cccc(CN)c1)N1CCCC(C)(C)C1. The van der Waals surface area contributed by atoms with Crippen LogP contribution in [0.15, 0.2) is 24.3 Å². The van der Waals surface area contributed by atoms with Crippen LogP contribution in [0.3, 0.4) is 0 Å². The molecule has 1 unspecified atom stereocenters. The average Bonchev–Trinajstić information content (AvgIpc) is 2.45. The third kappa shape index (κ3) is 4.29. The number of hydrogen-bond acceptors (Lipinski definition) is 3. The fourth-order valence-corrected chi connectivity index (χ4v) is 2.99. The number of piperidine rings is 1. The lowest BCUT2D eigenvalue weighted by atomic mass is 9.83. The molecule has 1 amide bonds. The topological polar surface area (TPSA) is 58.4 Å². The highest BCUT2D eigenvalue weighted by Crippen LogP contribution is 2.29. The summed E-state index contributed by atoms with van der Waals surface area (Å²) in [7, 11) is 0. The van der Waals surface area contributed by atoms with Crippen molar-refractivity contribution in [1.82, 2.24) is 4.90 Å². The molecule has 0 bridgehead atoms. The number of carbonyl (C=O) groups is 1. The quantitative estimate of drug-likeness (QED) is 0.895. The van der Waals surface area contributed by atoms with Gasteiger partial charge in [-0.3, -0.25) is 9.69 Å². The molecular weight excluding hydrogens is 262 g/mol. The van der Waals surface area contributed by atoms with Crippen molar-refractivity contribution in [1.29, 1.82) is 0 Å². The Balaban J connectivity index is 1.98. The zero-order valence-electron chi connectivity index (χ0n) is 13.4. The first kappa shape index (κ1) is 16.0. The normalized spacial score (nSPS) is 20.0. The summed E-state index contributed by atoms with van der Waals surface area (Å²) in [6.07, 6.45) is 2.39. The molecule has 4 nitrogen and oxygen atoms in total. The predicted octanol–water partition coefficient (Wildman–Crippen LogP) is 2.59. The van der Waals surface area contributed by atoms with Crippen molar-refractivity contribution in [2.45, 2.75) is 46.2 Å². The number of rotatable bonds is 4. The van der Waals surface area contributed by atoms with E-state index in [1.165, 1.54) is 6.42 Å². The molecule has 1 aliphatic rings. The molecule has 1 fully saturated rings. The third-order valence-electron chi connectivity index (χ3n) is 4.29. The molecule has 1 aliphatic heterocycles. The van der Waals surface area contributed by atoms with Crippen molar-refractivity contribution in [3.05, 3.63) is 29.8 Å². The van der Waals surface area contributed by atoms with Gasteiger partial charge in [-0.1, -0.05) is 26.0 Å². The Labute approximate surface area is 127 Å². The second kappa shape index (κ2) is 6.58. The van der Waals surface area contributed by atoms with Crippen LogP contribution in [0.2, 0.25) is 0 Å². The monoisotopic (exact) mass is 289 g/mol. The van der Waals surface area contributed by atoms with E-state index in [0.29, 0.717) is 12.0 Å². The third-order valence-corrected chi connectivity index (χ3v) is 4.29. The molecule has 116 valence electrons. The summed E-state index contributed by atoms with van der Waals surface area (Å²) in [6.45, 7) is 9.00. The molecular formula is C17H27N3O. The Kier molecular flexibility index (Phi) is 5.01. The Morgan fingerprint density at radius 3 is 2.90 bits per heavy atom. The van der Waals surface area contributed by atoms with Crippen LogP contribution < -0.4 is 11.1 Å². The van der Waals surface area contributed by atoms with E-state index in [9.17, 15) is 4.79 Å². The smallest absolute Gasteiger partial charge is 0.241 e. The van der Waals surface area contributed by atoms with Crippen LogP contribution in [-0.4, -0.2) is 29.9 Å². The minimum absolute atomic E-state index is 0.0573. The fourth-order valence-electron chi connectivity index (χ4n) is 2.99. The first-order chi connectivity index (χ1) is 9.91. The Morgan fingerprint density at radius 1 is 1.48 bits per heavy atom. The lowest BCUT2D eigenvalue weighted by molar-refractivity contribution is -0.121. The Bertz CT molecular complexity index is 499. The highest BCUT2D eigenvalue weighted by molar-refractivity contribution is 5.94. The molecule has 1 atom stereocenters. The summed E-state index contributed by atoms with van der Waals surface area (Å²) in [6, 6.07) is 7.62. The van der Waals surface area contributed by atoms with Crippen LogP contribution in [0.1, 0.15) is 39.2 Å². The molecule has 3 N–H and O–H groups in total. The van der Waals surface area contributed by atoms with Crippen LogP contribution in [0, 0.1) is 5.41 Å². The van der Waals surface area contributed by atoms with Gasteiger partial charge in [-0.2, -0.15) is 0 Å². The summed E-state index contributed by atoms with van der Waals surface area (Å²) in [4.78, 5) is 14.7. The second-order valence-corrected chi connectivity index (χ2v) is 6.81. The molecule has 1 saturated heterocycles. The largest absolute Gasteiger partial charge is 0.326 e. The van der Waals surface area contributed by atoms with E-state index in [1.54, 1.807) is 0 Å². The van der Waals surface area contributed by atoms with E-state index in [4.69, 9.17) is 5.73 Å². The maximum absolute atomic E-state index is 12.4. The van der Waals surface area contributed by atoms with Crippen molar-refractivity contribution in [3.63, 3.8) is 0 Å². The number of nitrogens with two attached hydrogens (primary N) is 1.